The largest absolute Gasteiger partial charge is 0.504 e. The van der Waals surface area contributed by atoms with Crippen LogP contribution in [-0.4, -0.2) is 57.8 Å². The Morgan fingerprint density at radius 3 is 2.68 bits per heavy atom. The van der Waals surface area contributed by atoms with E-state index in [9.17, 15) is 27.9 Å². The highest BCUT2D eigenvalue weighted by atomic mass is 19.4. The summed E-state index contributed by atoms with van der Waals surface area (Å²) >= 11 is 0. The van der Waals surface area contributed by atoms with E-state index in [-0.39, 0.29) is 57.9 Å². The van der Waals surface area contributed by atoms with Crippen LogP contribution in [0.5, 0.6) is 0 Å². The van der Waals surface area contributed by atoms with Gasteiger partial charge in [-0.3, -0.25) is 13.7 Å². The third-order valence-electron chi connectivity index (χ3n) is 7.53. The van der Waals surface area contributed by atoms with Gasteiger partial charge in [0.05, 0.1) is 49.4 Å². The first-order valence-corrected chi connectivity index (χ1v) is 13.4. The first kappa shape index (κ1) is 24.6. The summed E-state index contributed by atoms with van der Waals surface area (Å²) in [5, 5.41) is 20.3. The summed E-state index contributed by atoms with van der Waals surface area (Å²) in [7, 11) is 1.16. The fourth-order valence-corrected chi connectivity index (χ4v) is 5.49. The summed E-state index contributed by atoms with van der Waals surface area (Å²) in [5.74, 6) is 0.255. The number of aliphatic hydroxyl groups is 1. The van der Waals surface area contributed by atoms with Crippen LogP contribution in [0.4, 0.5) is 29.6 Å². The molecule has 0 radical (unpaired) electrons. The lowest BCUT2D eigenvalue weighted by Crippen LogP contribution is -2.33. The zero-order chi connectivity index (χ0) is 35.0. The van der Waals surface area contributed by atoms with E-state index in [0.29, 0.717) is 15.5 Å². The van der Waals surface area contributed by atoms with E-state index in [0.717, 1.165) is 19.5 Å². The van der Waals surface area contributed by atoms with E-state index in [2.05, 4.69) is 30.4 Å². The zero-order valence-electron chi connectivity index (χ0n) is 27.7. The minimum absolute atomic E-state index is 0.00472. The third kappa shape index (κ3) is 5.14. The molecule has 6 rings (SSSR count). The molecule has 5 heterocycles. The van der Waals surface area contributed by atoms with Crippen molar-refractivity contribution in [1.82, 2.24) is 38.8 Å². The maximum atomic E-state index is 13.6. The van der Waals surface area contributed by atoms with E-state index in [1.54, 1.807) is 12.1 Å². The number of methoxy groups -OCH3 is 1. The first-order valence-electron chi connectivity index (χ1n) is 15.4. The number of carbonyl (C=O) groups is 1. The topological polar surface area (TPSA) is 146 Å². The number of hydrogen-bond donors (Lipinski definition) is 3. The summed E-state index contributed by atoms with van der Waals surface area (Å²) in [6, 6.07) is 2.47. The monoisotopic (exact) mass is 617 g/mol. The molecule has 0 saturated heterocycles. The number of hydrogen-bond acceptors (Lipinski definition) is 8. The molecule has 1 amide bonds. The molecule has 1 saturated carbocycles. The van der Waals surface area contributed by atoms with Crippen molar-refractivity contribution in [3.8, 4) is 5.69 Å². The Hall–Kier alpha value is -4.86. The van der Waals surface area contributed by atoms with Crippen LogP contribution in [0.2, 0.25) is 0 Å². The number of carbonyl (C=O) groups excluding carboxylic acids is 1. The van der Waals surface area contributed by atoms with Gasteiger partial charge in [0.2, 0.25) is 0 Å². The fraction of sp³-hybridized carbons (Fsp3) is 0.393. The van der Waals surface area contributed by atoms with Crippen LogP contribution in [0.1, 0.15) is 50.2 Å². The molecule has 0 aliphatic heterocycles. The molecular formula is C28H30F3N9O4. The Balaban J connectivity index is 1.44. The van der Waals surface area contributed by atoms with Gasteiger partial charge in [0.1, 0.15) is 17.3 Å². The molecule has 1 aliphatic rings. The number of rotatable bonds is 6. The molecule has 44 heavy (non-hydrogen) atoms. The van der Waals surface area contributed by atoms with Gasteiger partial charge >= 0.3 is 18.1 Å². The van der Waals surface area contributed by atoms with Gasteiger partial charge in [-0.05, 0) is 50.8 Å². The van der Waals surface area contributed by atoms with Crippen molar-refractivity contribution in [2.75, 3.05) is 12.4 Å². The van der Waals surface area contributed by atoms with Crippen LogP contribution in [0.3, 0.4) is 0 Å². The number of ether oxygens (including phenoxy) is 1. The highest BCUT2D eigenvalue weighted by Crippen LogP contribution is 2.35. The number of amides is 1. The molecule has 1 unspecified atom stereocenters. The van der Waals surface area contributed by atoms with Gasteiger partial charge in [-0.1, -0.05) is 0 Å². The van der Waals surface area contributed by atoms with Crippen molar-refractivity contribution < 1.29 is 33.3 Å². The average molecular weight is 618 g/mol. The van der Waals surface area contributed by atoms with Crippen molar-refractivity contribution in [1.29, 1.82) is 0 Å². The number of alkyl carbamates (subject to hydrolysis) is 1. The molecule has 5 aromatic rings. The average Bonchev–Trinajstić information content (AvgIpc) is 3.75. The van der Waals surface area contributed by atoms with E-state index >= 15 is 0 Å². The SMILES string of the molecule is [2H]C1(NC(=O)OC)CC[C@@H](n2c(=O)n(C([2H])([2H])[2H])c3cnc(Nc4cc(C(C)(C)O)c5ccn(-c6cnn(C(F)(F)F)c6)c5n4)cc32)C1. The molecule has 5 aromatic heterocycles. The van der Waals surface area contributed by atoms with Crippen LogP contribution in [0, 0.1) is 0 Å². The second-order valence-electron chi connectivity index (χ2n) is 10.9. The normalized spacial score (nSPS) is 20.8. The van der Waals surface area contributed by atoms with Crippen LogP contribution in [-0.2, 0) is 23.6 Å². The Morgan fingerprint density at radius 1 is 1.20 bits per heavy atom. The van der Waals surface area contributed by atoms with Gasteiger partial charge in [-0.15, -0.1) is 13.2 Å². The number of alkyl halides is 3. The summed E-state index contributed by atoms with van der Waals surface area (Å²) in [4.78, 5) is 34.4. The molecule has 3 N–H and O–H groups in total. The molecule has 1 fully saturated rings. The molecular weight excluding hydrogens is 583 g/mol. The second kappa shape index (κ2) is 10.4. The fourth-order valence-electron chi connectivity index (χ4n) is 5.49. The summed E-state index contributed by atoms with van der Waals surface area (Å²) in [5.41, 5.74) is -1.43. The van der Waals surface area contributed by atoms with Crippen LogP contribution in [0.25, 0.3) is 27.8 Å². The third-order valence-corrected chi connectivity index (χ3v) is 7.53. The van der Waals surface area contributed by atoms with Gasteiger partial charge in [-0.2, -0.15) is 9.78 Å². The van der Waals surface area contributed by atoms with Gasteiger partial charge in [0.15, 0.2) is 0 Å². The molecule has 0 aromatic carbocycles. The number of anilines is 2. The molecule has 2 atom stereocenters. The summed E-state index contributed by atoms with van der Waals surface area (Å²) < 4.78 is 80.2. The van der Waals surface area contributed by atoms with Crippen molar-refractivity contribution in [2.24, 2.45) is 6.98 Å². The number of aryl methyl sites for hydroxylation is 1. The number of imidazole rings is 1. The van der Waals surface area contributed by atoms with Gasteiger partial charge < -0.3 is 20.5 Å². The smallest absolute Gasteiger partial charge is 0.453 e. The van der Waals surface area contributed by atoms with Crippen molar-refractivity contribution in [3.63, 3.8) is 0 Å². The van der Waals surface area contributed by atoms with Gasteiger partial charge in [-0.25, -0.2) is 19.6 Å². The van der Waals surface area contributed by atoms with E-state index < -0.39 is 42.7 Å². The van der Waals surface area contributed by atoms with Crippen molar-refractivity contribution in [2.45, 2.75) is 57.1 Å². The lowest BCUT2D eigenvalue weighted by Gasteiger charge is -2.20. The lowest BCUT2D eigenvalue weighted by atomic mass is 9.96. The summed E-state index contributed by atoms with van der Waals surface area (Å²) in [6.07, 6.45) is -0.589. The van der Waals surface area contributed by atoms with Crippen molar-refractivity contribution in [3.05, 3.63) is 59.0 Å². The maximum Gasteiger partial charge on any atom is 0.504 e. The Morgan fingerprint density at radius 2 is 2.00 bits per heavy atom. The molecule has 232 valence electrons. The highest BCUT2D eigenvalue weighted by molar-refractivity contribution is 5.86. The number of nitrogens with one attached hydrogen (secondary N) is 2. The van der Waals surface area contributed by atoms with E-state index in [4.69, 9.17) is 5.48 Å². The van der Waals surface area contributed by atoms with E-state index in [1.807, 2.05) is 0 Å². The number of fused-ring (bicyclic) bond motifs is 2. The quantitative estimate of drug-likeness (QED) is 0.258. The standard InChI is InChI=1S/C28H30F3N9O4/c1-27(2,43)19-10-23(36-24-18(19)7-8-38(24)17-12-33-39(14-17)28(29,30)31)35-22-11-20-21(13-32-22)37(3)26(42)40(20)16-6-5-15(9-16)34-25(41)44-4/h7-8,10-16,43H,5-6,9H2,1-4H3,(H,34,41)(H,32,35,36)/t15?,16-/m1/s1/i3D3,15D. The minimum atomic E-state index is -4.73. The van der Waals surface area contributed by atoms with E-state index in [1.165, 1.54) is 41.4 Å². The number of aromatic nitrogens is 7. The zero-order valence-corrected chi connectivity index (χ0v) is 23.7. The predicted molar refractivity (Wildman–Crippen MR) is 154 cm³/mol. The minimum Gasteiger partial charge on any atom is -0.453 e. The Labute approximate surface area is 253 Å². The first-order chi connectivity index (χ1) is 22.3. The molecule has 0 bridgehead atoms. The summed E-state index contributed by atoms with van der Waals surface area (Å²) in [6.45, 7) is 0.208. The molecule has 16 heteroatoms. The molecule has 0 spiro atoms. The second-order valence-corrected chi connectivity index (χ2v) is 10.9. The predicted octanol–water partition coefficient (Wildman–Crippen LogP) is 4.17. The maximum absolute atomic E-state index is 13.6. The van der Waals surface area contributed by atoms with Gasteiger partial charge in [0.25, 0.3) is 0 Å². The highest BCUT2D eigenvalue weighted by Gasteiger charge is 2.33. The molecule has 13 nitrogen and oxygen atoms in total. The lowest BCUT2D eigenvalue weighted by molar-refractivity contribution is -0.212. The Bertz CT molecular complexity index is 2110. The van der Waals surface area contributed by atoms with Crippen LogP contribution >= 0.6 is 0 Å². The van der Waals surface area contributed by atoms with Gasteiger partial charge in [0, 0.05) is 40.8 Å². The Kier molecular flexibility index (Phi) is 5.80. The number of halogens is 3. The van der Waals surface area contributed by atoms with Crippen molar-refractivity contribution >= 4 is 39.8 Å². The van der Waals surface area contributed by atoms with Crippen LogP contribution in [0.15, 0.2) is 47.8 Å². The molecule has 1 aliphatic carbocycles. The number of nitrogens with zero attached hydrogens (tertiary/aromatic N) is 7. The number of pyridine rings is 2. The van der Waals surface area contributed by atoms with Crippen LogP contribution < -0.4 is 16.3 Å².